The Kier molecular flexibility index (Phi) is 4.61. The maximum absolute atomic E-state index is 7.63. The minimum absolute atomic E-state index is 0.799. The van der Waals surface area contributed by atoms with E-state index in [-0.39, 0.29) is 0 Å². The number of aromatic nitrogens is 2. The lowest BCUT2D eigenvalue weighted by atomic mass is 10.0. The second kappa shape index (κ2) is 7.00. The quantitative estimate of drug-likeness (QED) is 0.604. The van der Waals surface area contributed by atoms with E-state index in [1.165, 1.54) is 6.21 Å². The summed E-state index contributed by atoms with van der Waals surface area (Å²) in [5.74, 6) is 0.831. The minimum Gasteiger partial charge on any atom is -0.497 e. The molecular formula is C19H20N4O. The zero-order valence-electron chi connectivity index (χ0n) is 13.8. The molecule has 0 aliphatic heterocycles. The third-order valence-electron chi connectivity index (χ3n) is 3.88. The number of allylic oxidation sites excluding steroid dienone is 1. The van der Waals surface area contributed by atoms with E-state index in [0.29, 0.717) is 0 Å². The zero-order chi connectivity index (χ0) is 16.9. The van der Waals surface area contributed by atoms with Crippen LogP contribution < -0.4 is 10.1 Å². The maximum atomic E-state index is 7.63. The molecule has 3 rings (SSSR count). The molecule has 0 fully saturated rings. The number of rotatable bonds is 6. The molecule has 0 spiro atoms. The van der Waals surface area contributed by atoms with Crippen LogP contribution in [0.3, 0.4) is 0 Å². The van der Waals surface area contributed by atoms with Crippen LogP contribution in [0.15, 0.2) is 48.9 Å². The standard InChI is InChI=1S/C19H20N4O/c1-3-21-10-15(9-20)14-8-17-18(12-23-19(17)22-11-14)13-4-6-16(24-2)7-5-13/h4-12,20-21H,3H2,1-2H3,(H,22,23)/b15-10+,20-9?. The number of H-pyrrole nitrogens is 1. The Morgan fingerprint density at radius 2 is 2.12 bits per heavy atom. The van der Waals surface area contributed by atoms with Gasteiger partial charge in [-0.3, -0.25) is 0 Å². The summed E-state index contributed by atoms with van der Waals surface area (Å²) in [5.41, 5.74) is 4.71. The van der Waals surface area contributed by atoms with Gasteiger partial charge in [0.15, 0.2) is 0 Å². The number of ether oxygens (including phenoxy) is 1. The van der Waals surface area contributed by atoms with Gasteiger partial charge in [0.05, 0.1) is 7.11 Å². The van der Waals surface area contributed by atoms with Crippen LogP contribution in [0, 0.1) is 5.41 Å². The fourth-order valence-electron chi connectivity index (χ4n) is 2.59. The second-order valence-corrected chi connectivity index (χ2v) is 5.35. The predicted octanol–water partition coefficient (Wildman–Crippen LogP) is 3.84. The van der Waals surface area contributed by atoms with Crippen molar-refractivity contribution < 1.29 is 4.74 Å². The lowest BCUT2D eigenvalue weighted by Gasteiger charge is -2.05. The van der Waals surface area contributed by atoms with E-state index in [4.69, 9.17) is 10.1 Å². The first-order valence-corrected chi connectivity index (χ1v) is 7.82. The molecule has 1 aromatic carbocycles. The lowest BCUT2D eigenvalue weighted by Crippen LogP contribution is -2.04. The number of nitrogens with zero attached hydrogens (tertiary/aromatic N) is 1. The maximum Gasteiger partial charge on any atom is 0.137 e. The van der Waals surface area contributed by atoms with Crippen molar-refractivity contribution >= 4 is 22.8 Å². The van der Waals surface area contributed by atoms with Gasteiger partial charge < -0.3 is 20.4 Å². The van der Waals surface area contributed by atoms with E-state index >= 15 is 0 Å². The summed E-state index contributed by atoms with van der Waals surface area (Å²) in [6, 6.07) is 10.0. The first-order valence-electron chi connectivity index (χ1n) is 7.82. The molecule has 0 aliphatic carbocycles. The van der Waals surface area contributed by atoms with Crippen molar-refractivity contribution in [2.45, 2.75) is 6.92 Å². The number of fused-ring (bicyclic) bond motifs is 1. The van der Waals surface area contributed by atoms with E-state index in [1.54, 1.807) is 13.3 Å². The molecule has 3 N–H and O–H groups in total. The molecule has 24 heavy (non-hydrogen) atoms. The van der Waals surface area contributed by atoms with Crippen LogP contribution in [0.1, 0.15) is 12.5 Å². The monoisotopic (exact) mass is 320 g/mol. The molecule has 0 unspecified atom stereocenters. The van der Waals surface area contributed by atoms with Gasteiger partial charge in [-0.15, -0.1) is 0 Å². The summed E-state index contributed by atoms with van der Waals surface area (Å²) in [6.07, 6.45) is 6.92. The van der Waals surface area contributed by atoms with Crippen molar-refractivity contribution in [3.8, 4) is 16.9 Å². The molecule has 0 amide bonds. The third-order valence-corrected chi connectivity index (χ3v) is 3.88. The number of nitrogens with one attached hydrogen (secondary N) is 3. The number of benzene rings is 1. The molecule has 0 radical (unpaired) electrons. The van der Waals surface area contributed by atoms with Crippen LogP contribution in [-0.4, -0.2) is 29.8 Å². The lowest BCUT2D eigenvalue weighted by molar-refractivity contribution is 0.415. The van der Waals surface area contributed by atoms with Gasteiger partial charge in [0, 0.05) is 53.4 Å². The highest BCUT2D eigenvalue weighted by Gasteiger charge is 2.09. The molecule has 0 bridgehead atoms. The molecule has 2 heterocycles. The number of hydrogen-bond acceptors (Lipinski definition) is 4. The van der Waals surface area contributed by atoms with E-state index < -0.39 is 0 Å². The van der Waals surface area contributed by atoms with Gasteiger partial charge in [0.25, 0.3) is 0 Å². The average molecular weight is 320 g/mol. The van der Waals surface area contributed by atoms with Crippen molar-refractivity contribution in [3.05, 3.63) is 54.5 Å². The summed E-state index contributed by atoms with van der Waals surface area (Å²) < 4.78 is 5.22. The summed E-state index contributed by atoms with van der Waals surface area (Å²) in [6.45, 7) is 2.84. The highest BCUT2D eigenvalue weighted by molar-refractivity contribution is 6.09. The molecule has 0 saturated heterocycles. The number of methoxy groups -OCH3 is 1. The van der Waals surface area contributed by atoms with Gasteiger partial charge >= 0.3 is 0 Å². The van der Waals surface area contributed by atoms with Crippen LogP contribution in [0.4, 0.5) is 0 Å². The van der Waals surface area contributed by atoms with Gasteiger partial charge in [-0.1, -0.05) is 12.1 Å². The van der Waals surface area contributed by atoms with Crippen LogP contribution in [-0.2, 0) is 0 Å². The first kappa shape index (κ1) is 15.8. The molecule has 3 aromatic rings. The molecule has 0 atom stereocenters. The Morgan fingerprint density at radius 3 is 2.79 bits per heavy atom. The molecule has 122 valence electrons. The molecule has 5 nitrogen and oxygen atoms in total. The summed E-state index contributed by atoms with van der Waals surface area (Å²) >= 11 is 0. The number of aromatic amines is 1. The SMILES string of the molecule is CCN/C=C(\C=N)c1cnc2[nH]cc(-c3ccc(OC)cc3)c2c1. The Hall–Kier alpha value is -3.08. The summed E-state index contributed by atoms with van der Waals surface area (Å²) in [5, 5.41) is 11.8. The fourth-order valence-corrected chi connectivity index (χ4v) is 2.59. The van der Waals surface area contributed by atoms with Crippen molar-refractivity contribution in [1.82, 2.24) is 15.3 Å². The Balaban J connectivity index is 2.06. The van der Waals surface area contributed by atoms with Crippen molar-refractivity contribution in [2.24, 2.45) is 0 Å². The second-order valence-electron chi connectivity index (χ2n) is 5.35. The third kappa shape index (κ3) is 3.01. The van der Waals surface area contributed by atoms with Gasteiger partial charge in [-0.05, 0) is 30.7 Å². The van der Waals surface area contributed by atoms with Crippen LogP contribution in [0.25, 0.3) is 27.7 Å². The normalized spacial score (nSPS) is 11.5. The number of hydrogen-bond donors (Lipinski definition) is 3. The van der Waals surface area contributed by atoms with Crippen LogP contribution >= 0.6 is 0 Å². The van der Waals surface area contributed by atoms with Crippen molar-refractivity contribution in [2.75, 3.05) is 13.7 Å². The zero-order valence-corrected chi connectivity index (χ0v) is 13.8. The molecule has 0 aliphatic rings. The smallest absolute Gasteiger partial charge is 0.137 e. The Bertz CT molecular complexity index is 878. The molecule has 0 saturated carbocycles. The number of pyridine rings is 1. The van der Waals surface area contributed by atoms with E-state index in [9.17, 15) is 0 Å². The van der Waals surface area contributed by atoms with Gasteiger partial charge in [-0.2, -0.15) is 0 Å². The van der Waals surface area contributed by atoms with Crippen molar-refractivity contribution in [1.29, 1.82) is 5.41 Å². The van der Waals surface area contributed by atoms with Crippen LogP contribution in [0.2, 0.25) is 0 Å². The predicted molar refractivity (Wildman–Crippen MR) is 98.5 cm³/mol. The fraction of sp³-hybridized carbons (Fsp3) is 0.158. The average Bonchev–Trinajstić information content (AvgIpc) is 3.06. The molecular weight excluding hydrogens is 300 g/mol. The summed E-state index contributed by atoms with van der Waals surface area (Å²) in [4.78, 5) is 7.69. The van der Waals surface area contributed by atoms with E-state index in [0.717, 1.165) is 45.6 Å². The summed E-state index contributed by atoms with van der Waals surface area (Å²) in [7, 11) is 1.66. The topological polar surface area (TPSA) is 73.8 Å². The highest BCUT2D eigenvalue weighted by atomic mass is 16.5. The van der Waals surface area contributed by atoms with E-state index in [1.807, 2.05) is 43.6 Å². The van der Waals surface area contributed by atoms with Crippen LogP contribution in [0.5, 0.6) is 5.75 Å². The van der Waals surface area contributed by atoms with Crippen molar-refractivity contribution in [3.63, 3.8) is 0 Å². The van der Waals surface area contributed by atoms with Gasteiger partial charge in [0.2, 0.25) is 0 Å². The van der Waals surface area contributed by atoms with Gasteiger partial charge in [-0.25, -0.2) is 4.98 Å². The first-order chi connectivity index (χ1) is 11.8. The minimum atomic E-state index is 0.799. The molecule has 5 heteroatoms. The molecule has 2 aromatic heterocycles. The largest absolute Gasteiger partial charge is 0.497 e. The van der Waals surface area contributed by atoms with Gasteiger partial charge in [0.1, 0.15) is 11.4 Å². The Labute approximate surface area is 140 Å². The highest BCUT2D eigenvalue weighted by Crippen LogP contribution is 2.30. The Morgan fingerprint density at radius 1 is 1.33 bits per heavy atom. The van der Waals surface area contributed by atoms with E-state index in [2.05, 4.69) is 21.4 Å².